The molecule has 0 bridgehead atoms. The lowest BCUT2D eigenvalue weighted by molar-refractivity contribution is 0.193. The molecule has 0 amide bonds. The molecular weight excluding hydrogens is 254 g/mol. The summed E-state index contributed by atoms with van der Waals surface area (Å²) in [6.45, 7) is 0. The van der Waals surface area contributed by atoms with Gasteiger partial charge in [0, 0.05) is 15.6 Å². The molecule has 0 aliphatic heterocycles. The Balaban J connectivity index is 3.05. The van der Waals surface area contributed by atoms with E-state index in [1.807, 2.05) is 0 Å². The summed E-state index contributed by atoms with van der Waals surface area (Å²) in [5.74, 6) is 0. The van der Waals surface area contributed by atoms with Crippen molar-refractivity contribution in [2.45, 2.75) is 10.9 Å². The minimum atomic E-state index is -1.02. The van der Waals surface area contributed by atoms with E-state index in [9.17, 15) is 5.11 Å². The van der Waals surface area contributed by atoms with E-state index in [0.29, 0.717) is 15.6 Å². The van der Waals surface area contributed by atoms with Crippen LogP contribution in [0.4, 0.5) is 0 Å². The summed E-state index contributed by atoms with van der Waals surface area (Å²) in [5, 5.41) is 10.4. The number of halogens is 4. The Morgan fingerprint density at radius 2 is 1.77 bits per heavy atom. The number of aliphatic hydroxyl groups is 1. The predicted octanol–water partition coefficient (Wildman–Crippen LogP) is 3.83. The lowest BCUT2D eigenvalue weighted by Gasteiger charge is -2.13. The number of benzene rings is 1. The van der Waals surface area contributed by atoms with Gasteiger partial charge in [0.1, 0.15) is 10.9 Å². The van der Waals surface area contributed by atoms with Gasteiger partial charge in [-0.1, -0.05) is 23.2 Å². The maximum absolute atomic E-state index is 9.50. The molecule has 0 saturated carbocycles. The van der Waals surface area contributed by atoms with Crippen LogP contribution in [-0.2, 0) is 0 Å². The average Bonchev–Trinajstić information content (AvgIpc) is 2.08. The highest BCUT2D eigenvalue weighted by Crippen LogP contribution is 2.31. The van der Waals surface area contributed by atoms with Crippen molar-refractivity contribution in [2.75, 3.05) is 0 Å². The summed E-state index contributed by atoms with van der Waals surface area (Å²) in [5.41, 5.74) is 0.434. The summed E-state index contributed by atoms with van der Waals surface area (Å²) < 4.78 is 0. The minimum Gasteiger partial charge on any atom is -0.386 e. The predicted molar refractivity (Wildman–Crippen MR) is 56.9 cm³/mol. The van der Waals surface area contributed by atoms with Crippen molar-refractivity contribution in [3.05, 3.63) is 33.8 Å². The molecule has 72 valence electrons. The molecule has 1 nitrogen and oxygen atoms in total. The van der Waals surface area contributed by atoms with Gasteiger partial charge in [0.15, 0.2) is 0 Å². The third-order valence-corrected chi connectivity index (χ3v) is 2.57. The van der Waals surface area contributed by atoms with E-state index in [0.717, 1.165) is 0 Å². The second kappa shape index (κ2) is 4.72. The molecule has 1 aromatic rings. The van der Waals surface area contributed by atoms with Crippen LogP contribution in [0.15, 0.2) is 18.2 Å². The Labute approximate surface area is 96.2 Å². The molecule has 1 N–H and O–H groups in total. The molecule has 5 heteroatoms. The normalized spacial score (nSPS) is 13.4. The lowest BCUT2D eigenvalue weighted by Crippen LogP contribution is -2.06. The zero-order valence-corrected chi connectivity index (χ0v) is 9.37. The van der Waals surface area contributed by atoms with Crippen LogP contribution >= 0.6 is 46.4 Å². The highest BCUT2D eigenvalue weighted by atomic mass is 35.5. The van der Waals surface area contributed by atoms with Crippen LogP contribution in [0.2, 0.25) is 10.0 Å². The topological polar surface area (TPSA) is 20.2 Å². The fourth-order valence-corrected chi connectivity index (χ4v) is 1.56. The van der Waals surface area contributed by atoms with Crippen molar-refractivity contribution in [2.24, 2.45) is 0 Å². The maximum Gasteiger partial charge on any atom is 0.137 e. The third-order valence-electron chi connectivity index (χ3n) is 1.52. The first kappa shape index (κ1) is 11.4. The van der Waals surface area contributed by atoms with E-state index in [1.54, 1.807) is 12.1 Å². The Kier molecular flexibility index (Phi) is 4.14. The second-order valence-corrected chi connectivity index (χ2v) is 4.45. The fourth-order valence-electron chi connectivity index (χ4n) is 0.877. The molecule has 0 saturated heterocycles. The van der Waals surface area contributed by atoms with Gasteiger partial charge in [-0.15, -0.1) is 23.2 Å². The van der Waals surface area contributed by atoms with Crippen LogP contribution in [0.1, 0.15) is 11.7 Å². The molecule has 0 radical (unpaired) electrons. The van der Waals surface area contributed by atoms with Gasteiger partial charge in [0.25, 0.3) is 0 Å². The Bertz CT molecular complexity index is 300. The standard InChI is InChI=1S/C8H6Cl4O/c9-4-1-2-6(10)5(3-4)7(13)8(11)12/h1-3,7-8,13H. The molecule has 0 aromatic heterocycles. The monoisotopic (exact) mass is 258 g/mol. The summed E-state index contributed by atoms with van der Waals surface area (Å²) in [6.07, 6.45) is -1.02. The Morgan fingerprint density at radius 3 is 2.31 bits per heavy atom. The summed E-state index contributed by atoms with van der Waals surface area (Å²) >= 11 is 22.5. The fraction of sp³-hybridized carbons (Fsp3) is 0.250. The first-order chi connectivity index (χ1) is 6.02. The zero-order chi connectivity index (χ0) is 10.0. The molecule has 1 aromatic carbocycles. The largest absolute Gasteiger partial charge is 0.386 e. The average molecular weight is 260 g/mol. The van der Waals surface area contributed by atoms with E-state index < -0.39 is 10.9 Å². The SMILES string of the molecule is OC(c1cc(Cl)ccc1Cl)C(Cl)Cl. The second-order valence-electron chi connectivity index (χ2n) is 2.45. The minimum absolute atomic E-state index is 0.392. The zero-order valence-electron chi connectivity index (χ0n) is 6.35. The Morgan fingerprint density at radius 1 is 1.15 bits per heavy atom. The maximum atomic E-state index is 9.50. The van der Waals surface area contributed by atoms with E-state index in [4.69, 9.17) is 46.4 Å². The number of aliphatic hydroxyl groups excluding tert-OH is 1. The number of hydrogen-bond acceptors (Lipinski definition) is 1. The highest BCUT2D eigenvalue weighted by Gasteiger charge is 2.18. The van der Waals surface area contributed by atoms with Gasteiger partial charge in [0.05, 0.1) is 0 Å². The van der Waals surface area contributed by atoms with Crippen molar-refractivity contribution >= 4 is 46.4 Å². The molecule has 1 unspecified atom stereocenters. The van der Waals surface area contributed by atoms with Crippen LogP contribution in [0, 0.1) is 0 Å². The van der Waals surface area contributed by atoms with Crippen LogP contribution in [0.25, 0.3) is 0 Å². The third kappa shape index (κ3) is 2.90. The van der Waals surface area contributed by atoms with E-state index in [-0.39, 0.29) is 0 Å². The van der Waals surface area contributed by atoms with Crippen LogP contribution in [0.3, 0.4) is 0 Å². The first-order valence-electron chi connectivity index (χ1n) is 3.43. The van der Waals surface area contributed by atoms with E-state index in [2.05, 4.69) is 0 Å². The summed E-state index contributed by atoms with van der Waals surface area (Å²) in [6, 6.07) is 4.74. The molecular formula is C8H6Cl4O. The Hall–Kier alpha value is 0.340. The van der Waals surface area contributed by atoms with Crippen molar-refractivity contribution in [1.82, 2.24) is 0 Å². The van der Waals surface area contributed by atoms with Gasteiger partial charge in [-0.25, -0.2) is 0 Å². The van der Waals surface area contributed by atoms with Crippen molar-refractivity contribution in [1.29, 1.82) is 0 Å². The molecule has 1 atom stereocenters. The number of hydrogen-bond donors (Lipinski definition) is 1. The highest BCUT2D eigenvalue weighted by molar-refractivity contribution is 6.44. The molecule has 0 spiro atoms. The van der Waals surface area contributed by atoms with Gasteiger partial charge in [-0.2, -0.15) is 0 Å². The molecule has 1 rings (SSSR count). The van der Waals surface area contributed by atoms with E-state index in [1.165, 1.54) is 6.07 Å². The van der Waals surface area contributed by atoms with Crippen LogP contribution in [-0.4, -0.2) is 9.94 Å². The summed E-state index contributed by atoms with van der Waals surface area (Å²) in [7, 11) is 0. The van der Waals surface area contributed by atoms with Gasteiger partial charge >= 0.3 is 0 Å². The smallest absolute Gasteiger partial charge is 0.137 e. The van der Waals surface area contributed by atoms with Crippen molar-refractivity contribution < 1.29 is 5.11 Å². The number of rotatable bonds is 2. The van der Waals surface area contributed by atoms with Crippen molar-refractivity contribution in [3.63, 3.8) is 0 Å². The molecule has 0 heterocycles. The first-order valence-corrected chi connectivity index (χ1v) is 5.06. The molecule has 0 aliphatic carbocycles. The molecule has 13 heavy (non-hydrogen) atoms. The lowest BCUT2D eigenvalue weighted by atomic mass is 10.1. The van der Waals surface area contributed by atoms with Gasteiger partial charge in [-0.05, 0) is 18.2 Å². The van der Waals surface area contributed by atoms with Gasteiger partial charge in [-0.3, -0.25) is 0 Å². The quantitative estimate of drug-likeness (QED) is 0.801. The molecule has 0 fully saturated rings. The van der Waals surface area contributed by atoms with Crippen LogP contribution in [0.5, 0.6) is 0 Å². The summed E-state index contributed by atoms with van der Waals surface area (Å²) in [4.78, 5) is -0.920. The number of alkyl halides is 2. The van der Waals surface area contributed by atoms with Gasteiger partial charge < -0.3 is 5.11 Å². The van der Waals surface area contributed by atoms with Crippen molar-refractivity contribution in [3.8, 4) is 0 Å². The van der Waals surface area contributed by atoms with Gasteiger partial charge in [0.2, 0.25) is 0 Å². The molecule has 0 aliphatic rings. The van der Waals surface area contributed by atoms with E-state index >= 15 is 0 Å². The van der Waals surface area contributed by atoms with Crippen LogP contribution < -0.4 is 0 Å².